The molecule has 0 aliphatic rings. The van der Waals surface area contributed by atoms with Gasteiger partial charge in [0.25, 0.3) is 0 Å². The second-order valence-electron chi connectivity index (χ2n) is 0.618. The van der Waals surface area contributed by atoms with Gasteiger partial charge in [-0.15, -0.1) is 0 Å². The summed E-state index contributed by atoms with van der Waals surface area (Å²) in [5.74, 6) is 0. The van der Waals surface area contributed by atoms with E-state index in [9.17, 15) is 0 Å². The van der Waals surface area contributed by atoms with E-state index in [0.717, 1.165) is 0 Å². The predicted molar refractivity (Wildman–Crippen MR) is 25.9 cm³/mol. The van der Waals surface area contributed by atoms with Crippen LogP contribution in [0.2, 0.25) is 0 Å². The molecular weight excluding hydrogens is 183 g/mol. The molecule has 0 aromatic heterocycles. The van der Waals surface area contributed by atoms with Crippen LogP contribution in [-0.4, -0.2) is 7.05 Å². The predicted octanol–water partition coefficient (Wildman–Crippen LogP) is 2.42. The van der Waals surface area contributed by atoms with Crippen molar-refractivity contribution in [2.75, 3.05) is 7.05 Å². The molecule has 0 bridgehead atoms. The monoisotopic (exact) mass is 185 g/mol. The van der Waals surface area contributed by atoms with Crippen molar-refractivity contribution in [3.05, 3.63) is 0 Å². The SMILES string of the molecule is C[N]=[V]([Cl])([Cl])[Cl]. The van der Waals surface area contributed by atoms with Crippen LogP contribution in [0.4, 0.5) is 0 Å². The molecule has 1 nitrogen and oxygen atoms in total. The molecule has 0 saturated heterocycles. The molecule has 0 rings (SSSR count). The topological polar surface area (TPSA) is 12.4 Å². The number of hydrogen-bond donors (Lipinski definition) is 0. The van der Waals surface area contributed by atoms with E-state index >= 15 is 0 Å². The summed E-state index contributed by atoms with van der Waals surface area (Å²) in [6.45, 7) is 0. The Morgan fingerprint density at radius 3 is 1.50 bits per heavy atom. The summed E-state index contributed by atoms with van der Waals surface area (Å²) in [5.41, 5.74) is 0. The summed E-state index contributed by atoms with van der Waals surface area (Å²) >= 11 is 0. The average molecular weight is 186 g/mol. The Hall–Kier alpha value is 1.25. The van der Waals surface area contributed by atoms with Crippen molar-refractivity contribution in [2.45, 2.75) is 0 Å². The molecule has 0 N–H and O–H groups in total. The molecule has 0 unspecified atom stereocenters. The summed E-state index contributed by atoms with van der Waals surface area (Å²) in [5, 5.41) is 0. The zero-order valence-corrected chi connectivity index (χ0v) is 6.69. The molecule has 0 aliphatic heterocycles. The van der Waals surface area contributed by atoms with Crippen LogP contribution in [-0.2, 0) is 11.0 Å². The van der Waals surface area contributed by atoms with E-state index < -0.39 is 11.0 Å². The van der Waals surface area contributed by atoms with E-state index in [4.69, 9.17) is 29.5 Å². The molecule has 0 saturated carbocycles. The van der Waals surface area contributed by atoms with Crippen LogP contribution in [0.5, 0.6) is 0 Å². The number of rotatable bonds is 0. The van der Waals surface area contributed by atoms with E-state index in [2.05, 4.69) is 3.79 Å². The minimum atomic E-state index is -2.87. The third kappa shape index (κ3) is 5.25. The van der Waals surface area contributed by atoms with E-state index in [1.54, 1.807) is 0 Å². The molecule has 0 aromatic rings. The van der Waals surface area contributed by atoms with Crippen LogP contribution in [0.3, 0.4) is 0 Å². The second kappa shape index (κ2) is 2.53. The molecule has 0 aromatic carbocycles. The first-order valence-electron chi connectivity index (χ1n) is 1.15. The van der Waals surface area contributed by atoms with Gasteiger partial charge < -0.3 is 0 Å². The van der Waals surface area contributed by atoms with Gasteiger partial charge in [-0.25, -0.2) is 0 Å². The first-order chi connectivity index (χ1) is 2.56. The van der Waals surface area contributed by atoms with Gasteiger partial charge in [-0.1, -0.05) is 0 Å². The Morgan fingerprint density at radius 2 is 1.50 bits per heavy atom. The molecule has 5 heteroatoms. The van der Waals surface area contributed by atoms with E-state index in [-0.39, 0.29) is 0 Å². The molecule has 38 valence electrons. The standard InChI is InChI=1S/CH3N.3ClH.V/c1-2;;;;/h1H3;3*1H;/q;;;;+3/p-3. The van der Waals surface area contributed by atoms with Crippen molar-refractivity contribution in [3.63, 3.8) is 0 Å². The van der Waals surface area contributed by atoms with Crippen molar-refractivity contribution in [3.8, 4) is 0 Å². The number of hydrogen-bond acceptors (Lipinski definition) is 1. The molecule has 0 amide bonds. The first-order valence-corrected chi connectivity index (χ1v) is 7.54. The van der Waals surface area contributed by atoms with Crippen molar-refractivity contribution in [1.82, 2.24) is 0 Å². The summed E-state index contributed by atoms with van der Waals surface area (Å²) in [4.78, 5) is 0. The fourth-order valence-corrected chi connectivity index (χ4v) is 0. The fourth-order valence-electron chi connectivity index (χ4n) is 0. The minimum absolute atomic E-state index is 1.51. The Morgan fingerprint density at radius 1 is 1.33 bits per heavy atom. The van der Waals surface area contributed by atoms with Gasteiger partial charge in [0, 0.05) is 0 Å². The first kappa shape index (κ1) is 7.25. The molecular formula is CH3Cl3NV. The summed E-state index contributed by atoms with van der Waals surface area (Å²) in [7, 11) is 14.4. The van der Waals surface area contributed by atoms with E-state index in [1.165, 1.54) is 7.05 Å². The third-order valence-electron chi connectivity index (χ3n) is 0.227. The number of halogens is 3. The van der Waals surface area contributed by atoms with Gasteiger partial charge in [0.1, 0.15) is 0 Å². The number of nitrogens with zero attached hydrogens (tertiary/aromatic N) is 1. The maximum absolute atomic E-state index is 5.25. The zero-order chi connectivity index (χ0) is 5.21. The summed E-state index contributed by atoms with van der Waals surface area (Å²) in [6, 6.07) is 0. The van der Waals surface area contributed by atoms with Crippen LogP contribution in [0.1, 0.15) is 0 Å². The Kier molecular flexibility index (Phi) is 3.06. The molecule has 6 heavy (non-hydrogen) atoms. The van der Waals surface area contributed by atoms with Crippen LogP contribution in [0.15, 0.2) is 3.79 Å². The van der Waals surface area contributed by atoms with Crippen molar-refractivity contribution >= 4 is 29.5 Å². The van der Waals surface area contributed by atoms with Gasteiger partial charge in [-0.05, 0) is 0 Å². The van der Waals surface area contributed by atoms with Crippen molar-refractivity contribution < 1.29 is 11.0 Å². The van der Waals surface area contributed by atoms with Crippen LogP contribution < -0.4 is 0 Å². The van der Waals surface area contributed by atoms with Crippen molar-refractivity contribution in [1.29, 1.82) is 0 Å². The fraction of sp³-hybridized carbons (Fsp3) is 1.00. The molecule has 0 atom stereocenters. The molecule has 0 radical (unpaired) electrons. The maximum atomic E-state index is 5.25. The normalized spacial score (nSPS) is 11.3. The van der Waals surface area contributed by atoms with Crippen LogP contribution >= 0.6 is 29.5 Å². The van der Waals surface area contributed by atoms with Gasteiger partial charge in [0.2, 0.25) is 0 Å². The Labute approximate surface area is 51.3 Å². The van der Waals surface area contributed by atoms with Gasteiger partial charge in [-0.3, -0.25) is 0 Å². The molecule has 0 heterocycles. The Bertz CT molecular complexity index is 74.5. The van der Waals surface area contributed by atoms with Gasteiger partial charge in [0.05, 0.1) is 0 Å². The molecule has 0 fully saturated rings. The summed E-state index contributed by atoms with van der Waals surface area (Å²) in [6.07, 6.45) is 0. The van der Waals surface area contributed by atoms with E-state index in [0.29, 0.717) is 0 Å². The van der Waals surface area contributed by atoms with E-state index in [1.807, 2.05) is 0 Å². The van der Waals surface area contributed by atoms with Crippen LogP contribution in [0, 0.1) is 0 Å². The zero-order valence-electron chi connectivity index (χ0n) is 3.03. The van der Waals surface area contributed by atoms with Gasteiger partial charge >= 0.3 is 51.3 Å². The van der Waals surface area contributed by atoms with Crippen molar-refractivity contribution in [2.24, 2.45) is 3.79 Å². The average Bonchev–Trinajstić information content (AvgIpc) is 1.35. The third-order valence-corrected chi connectivity index (χ3v) is 2.81. The Balaban J connectivity index is 3.79. The summed E-state index contributed by atoms with van der Waals surface area (Å²) < 4.78 is 3.49. The molecule has 0 aliphatic carbocycles. The second-order valence-corrected chi connectivity index (χ2v) is 10.7. The van der Waals surface area contributed by atoms with Gasteiger partial charge in [-0.2, -0.15) is 0 Å². The van der Waals surface area contributed by atoms with Crippen LogP contribution in [0.25, 0.3) is 0 Å². The quantitative estimate of drug-likeness (QED) is 0.551. The molecule has 0 spiro atoms. The van der Waals surface area contributed by atoms with Gasteiger partial charge in [0.15, 0.2) is 0 Å².